The van der Waals surface area contributed by atoms with Crippen LogP contribution in [0.25, 0.3) is 6.08 Å². The Bertz CT molecular complexity index is 1320. The summed E-state index contributed by atoms with van der Waals surface area (Å²) >= 11 is 0. The maximum absolute atomic E-state index is 13.5. The van der Waals surface area contributed by atoms with E-state index in [0.717, 1.165) is 44.6 Å². The summed E-state index contributed by atoms with van der Waals surface area (Å²) in [4.78, 5) is 50.3. The molecule has 0 bridgehead atoms. The number of hydrogen-bond acceptors (Lipinski definition) is 9. The number of carbonyl (C=O) groups excluding carboxylic acids is 4. The molecule has 49 heavy (non-hydrogen) atoms. The number of nitrogens with one attached hydrogen (secondary N) is 2. The summed E-state index contributed by atoms with van der Waals surface area (Å²) in [5, 5.41) is 14.1. The van der Waals surface area contributed by atoms with Gasteiger partial charge in [0.2, 0.25) is 11.8 Å². The van der Waals surface area contributed by atoms with Crippen LogP contribution in [-0.2, 0) is 33.3 Å². The first-order valence-electron chi connectivity index (χ1n) is 16.8. The maximum atomic E-state index is 13.5. The zero-order valence-corrected chi connectivity index (χ0v) is 28.0. The molecule has 3 rings (SSSR count). The smallest absolute Gasteiger partial charge is 0.422 e. The normalized spacial score (nSPS) is 20.0. The number of aliphatic hydroxyl groups is 1. The molecular formula is C35H47F3N2O9. The Labute approximate surface area is 284 Å². The standard InChI is InChI=1S/C35H47F3N2O9/c1-3-5-7-15-34(16-8-6-4-2)48-28-22-26(32(44)40-17-14-29(42)39-18-19-41)21-27(31(28)49-34)47-33(45)25-11-9-10-24(20-25)12-13-30(43)46-23-35(36,37)38/h9-13,20,22,27-28,31,41H,3-8,14-19,21,23H2,1-2H3,(H,39,42)(H,40,44)/t27-,28-,31+/m1/s1. The molecule has 0 spiro atoms. The quantitative estimate of drug-likeness (QED) is 0.104. The highest BCUT2D eigenvalue weighted by atomic mass is 19.4. The van der Waals surface area contributed by atoms with Crippen LogP contribution < -0.4 is 10.6 Å². The molecular weight excluding hydrogens is 649 g/mol. The molecule has 0 saturated carbocycles. The van der Waals surface area contributed by atoms with E-state index in [2.05, 4.69) is 29.2 Å². The molecule has 1 aliphatic carbocycles. The van der Waals surface area contributed by atoms with Crippen molar-refractivity contribution < 1.29 is 56.4 Å². The van der Waals surface area contributed by atoms with E-state index >= 15 is 0 Å². The minimum atomic E-state index is -4.66. The maximum Gasteiger partial charge on any atom is 0.422 e. The molecule has 2 aliphatic rings. The van der Waals surface area contributed by atoms with Crippen molar-refractivity contribution in [1.29, 1.82) is 0 Å². The lowest BCUT2D eigenvalue weighted by Gasteiger charge is -2.31. The van der Waals surface area contributed by atoms with Gasteiger partial charge in [-0.3, -0.25) is 9.59 Å². The number of carbonyl (C=O) groups is 4. The second kappa shape index (κ2) is 19.4. The van der Waals surface area contributed by atoms with E-state index in [9.17, 15) is 32.3 Å². The van der Waals surface area contributed by atoms with Crippen molar-refractivity contribution in [2.45, 2.75) is 108 Å². The van der Waals surface area contributed by atoms with Crippen molar-refractivity contribution in [3.8, 4) is 0 Å². The number of hydrogen-bond donors (Lipinski definition) is 3. The third-order valence-electron chi connectivity index (χ3n) is 8.03. The lowest BCUT2D eigenvalue weighted by molar-refractivity contribution is -0.190. The van der Waals surface area contributed by atoms with E-state index in [1.807, 2.05) is 0 Å². The number of alkyl halides is 3. The van der Waals surface area contributed by atoms with Gasteiger partial charge in [-0.2, -0.15) is 13.2 Å². The zero-order chi connectivity index (χ0) is 35.9. The predicted octanol–water partition coefficient (Wildman–Crippen LogP) is 4.92. The van der Waals surface area contributed by atoms with Crippen molar-refractivity contribution in [3.63, 3.8) is 0 Å². The molecule has 1 aliphatic heterocycles. The fourth-order valence-corrected chi connectivity index (χ4v) is 5.63. The summed E-state index contributed by atoms with van der Waals surface area (Å²) in [6.07, 6.45) is 3.80. The highest BCUT2D eigenvalue weighted by Gasteiger charge is 2.52. The SMILES string of the molecule is CCCCCC1(CCCCC)O[C@@H]2[C@@H](C=C(C(=O)NCCC(=O)NCCO)C[C@H]2OC(=O)c2cccc(C=CC(=O)OCC(F)(F)F)c2)O1. The molecule has 3 N–H and O–H groups in total. The Balaban J connectivity index is 1.79. The van der Waals surface area contributed by atoms with Crippen molar-refractivity contribution in [2.75, 3.05) is 26.3 Å². The molecule has 0 aromatic heterocycles. The number of unbranched alkanes of at least 4 members (excludes halogenated alkanes) is 4. The molecule has 1 saturated heterocycles. The highest BCUT2D eigenvalue weighted by Crippen LogP contribution is 2.43. The number of fused-ring (bicyclic) bond motifs is 1. The molecule has 0 unspecified atom stereocenters. The third-order valence-corrected chi connectivity index (χ3v) is 8.03. The predicted molar refractivity (Wildman–Crippen MR) is 173 cm³/mol. The molecule has 1 heterocycles. The largest absolute Gasteiger partial charge is 0.456 e. The first-order valence-corrected chi connectivity index (χ1v) is 16.8. The number of rotatable bonds is 19. The zero-order valence-electron chi connectivity index (χ0n) is 28.0. The molecule has 1 fully saturated rings. The van der Waals surface area contributed by atoms with Crippen LogP contribution in [0.3, 0.4) is 0 Å². The molecule has 2 amide bonds. The van der Waals surface area contributed by atoms with Crippen LogP contribution >= 0.6 is 0 Å². The van der Waals surface area contributed by atoms with Gasteiger partial charge in [0.1, 0.15) is 18.3 Å². The molecule has 11 nitrogen and oxygen atoms in total. The van der Waals surface area contributed by atoms with E-state index < -0.39 is 54.7 Å². The molecule has 0 radical (unpaired) electrons. The fraction of sp³-hybridized carbons (Fsp3) is 0.600. The van der Waals surface area contributed by atoms with Crippen molar-refractivity contribution in [3.05, 3.63) is 53.1 Å². The van der Waals surface area contributed by atoms with Gasteiger partial charge in [-0.1, -0.05) is 51.7 Å². The third kappa shape index (κ3) is 13.2. The van der Waals surface area contributed by atoms with E-state index in [0.29, 0.717) is 24.0 Å². The average Bonchev–Trinajstić information content (AvgIpc) is 3.44. The number of amides is 2. The lowest BCUT2D eigenvalue weighted by Crippen LogP contribution is -2.44. The summed E-state index contributed by atoms with van der Waals surface area (Å²) in [7, 11) is 0. The van der Waals surface area contributed by atoms with Gasteiger partial charge in [0, 0.05) is 50.4 Å². The Hall–Kier alpha value is -3.75. The van der Waals surface area contributed by atoms with Crippen LogP contribution in [-0.4, -0.2) is 85.4 Å². The van der Waals surface area contributed by atoms with E-state index in [4.69, 9.17) is 19.3 Å². The summed E-state index contributed by atoms with van der Waals surface area (Å²) in [6, 6.07) is 5.97. The Morgan fingerprint density at radius 3 is 2.39 bits per heavy atom. The molecule has 1 aromatic carbocycles. The van der Waals surface area contributed by atoms with Crippen LogP contribution in [0, 0.1) is 0 Å². The van der Waals surface area contributed by atoms with Gasteiger partial charge in [0.05, 0.1) is 12.2 Å². The highest BCUT2D eigenvalue weighted by molar-refractivity contribution is 5.95. The minimum Gasteiger partial charge on any atom is -0.456 e. The van der Waals surface area contributed by atoms with Crippen molar-refractivity contribution >= 4 is 29.8 Å². The van der Waals surface area contributed by atoms with Gasteiger partial charge < -0.3 is 34.7 Å². The first-order chi connectivity index (χ1) is 23.4. The minimum absolute atomic E-state index is 0.00586. The summed E-state index contributed by atoms with van der Waals surface area (Å²) in [6.45, 7) is 2.44. The van der Waals surface area contributed by atoms with E-state index in [-0.39, 0.29) is 44.0 Å². The first kappa shape index (κ1) is 39.7. The van der Waals surface area contributed by atoms with E-state index in [1.54, 1.807) is 12.1 Å². The topological polar surface area (TPSA) is 149 Å². The van der Waals surface area contributed by atoms with E-state index in [1.165, 1.54) is 24.3 Å². The molecule has 1 aromatic rings. The molecule has 3 atom stereocenters. The van der Waals surface area contributed by atoms with Gasteiger partial charge in [-0.15, -0.1) is 0 Å². The number of halogens is 3. The lowest BCUT2D eigenvalue weighted by atomic mass is 9.91. The van der Waals surface area contributed by atoms with Crippen LogP contribution in [0.15, 0.2) is 42.0 Å². The fourth-order valence-electron chi connectivity index (χ4n) is 5.63. The number of aliphatic hydroxyl groups excluding tert-OH is 1. The van der Waals surface area contributed by atoms with Gasteiger partial charge in [0.15, 0.2) is 12.4 Å². The second-order valence-corrected chi connectivity index (χ2v) is 12.1. The Kier molecular flexibility index (Phi) is 15.7. The molecule has 272 valence electrons. The summed E-state index contributed by atoms with van der Waals surface area (Å²) < 4.78 is 60.4. The van der Waals surface area contributed by atoms with Crippen LogP contribution in [0.1, 0.15) is 94.0 Å². The second-order valence-electron chi connectivity index (χ2n) is 12.1. The summed E-state index contributed by atoms with van der Waals surface area (Å²) in [5.41, 5.74) is 0.757. The van der Waals surface area contributed by atoms with Crippen molar-refractivity contribution in [2.24, 2.45) is 0 Å². The summed E-state index contributed by atoms with van der Waals surface area (Å²) in [5.74, 6) is -3.62. The molecule has 14 heteroatoms. The van der Waals surface area contributed by atoms with Crippen LogP contribution in [0.4, 0.5) is 13.2 Å². The number of benzene rings is 1. The van der Waals surface area contributed by atoms with Gasteiger partial charge in [-0.25, -0.2) is 9.59 Å². The van der Waals surface area contributed by atoms with Crippen LogP contribution in [0.2, 0.25) is 0 Å². The average molecular weight is 697 g/mol. The number of ether oxygens (including phenoxy) is 4. The monoisotopic (exact) mass is 696 g/mol. The van der Waals surface area contributed by atoms with Crippen LogP contribution in [0.5, 0.6) is 0 Å². The Morgan fingerprint density at radius 2 is 1.73 bits per heavy atom. The van der Waals surface area contributed by atoms with Gasteiger partial charge >= 0.3 is 18.1 Å². The van der Waals surface area contributed by atoms with Gasteiger partial charge in [-0.05, 0) is 42.7 Å². The van der Waals surface area contributed by atoms with Crippen molar-refractivity contribution in [1.82, 2.24) is 10.6 Å². The number of esters is 2. The van der Waals surface area contributed by atoms with Gasteiger partial charge in [0.25, 0.3) is 0 Å². The Morgan fingerprint density at radius 1 is 1.02 bits per heavy atom.